The zero-order chi connectivity index (χ0) is 15.3. The summed E-state index contributed by atoms with van der Waals surface area (Å²) in [4.78, 5) is 32.9. The first-order valence-corrected chi connectivity index (χ1v) is 5.82. The van der Waals surface area contributed by atoms with E-state index in [1.54, 1.807) is 20.8 Å². The molecule has 8 nitrogen and oxygen atoms in total. The monoisotopic (exact) mass is 280 g/mol. The Labute approximate surface area is 115 Å². The number of benzene rings is 1. The molecule has 0 aliphatic heterocycles. The van der Waals surface area contributed by atoms with Crippen LogP contribution in [0.15, 0.2) is 24.3 Å². The summed E-state index contributed by atoms with van der Waals surface area (Å²) >= 11 is 0. The summed E-state index contributed by atoms with van der Waals surface area (Å²) < 4.78 is 0. The molecule has 108 valence electrons. The molecule has 8 heteroatoms. The molecule has 1 aromatic carbocycles. The smallest absolute Gasteiger partial charge is 0.307 e. The Morgan fingerprint density at radius 1 is 1.10 bits per heavy atom. The summed E-state index contributed by atoms with van der Waals surface area (Å²) in [5.41, 5.74) is 4.13. The van der Waals surface area contributed by atoms with Crippen LogP contribution in [-0.4, -0.2) is 16.9 Å². The number of anilines is 1. The Morgan fingerprint density at radius 2 is 1.65 bits per heavy atom. The molecule has 3 N–H and O–H groups in total. The summed E-state index contributed by atoms with van der Waals surface area (Å²) in [5, 5.41) is 12.9. The van der Waals surface area contributed by atoms with Gasteiger partial charge in [-0.25, -0.2) is 10.2 Å². The molecule has 0 aliphatic carbocycles. The normalized spacial score (nSPS) is 10.6. The fourth-order valence-electron chi connectivity index (χ4n) is 1.13. The molecule has 0 fully saturated rings. The van der Waals surface area contributed by atoms with Crippen molar-refractivity contribution in [1.29, 1.82) is 0 Å². The molecule has 0 aliphatic rings. The molecule has 20 heavy (non-hydrogen) atoms. The lowest BCUT2D eigenvalue weighted by atomic mass is 9.96. The number of non-ortho nitro benzene ring substituents is 1. The Hall–Kier alpha value is -2.64. The van der Waals surface area contributed by atoms with Crippen molar-refractivity contribution in [2.75, 3.05) is 5.32 Å². The number of hydrogen-bond acceptors (Lipinski definition) is 4. The lowest BCUT2D eigenvalue weighted by Crippen LogP contribution is -2.48. The van der Waals surface area contributed by atoms with E-state index in [4.69, 9.17) is 0 Å². The van der Waals surface area contributed by atoms with Gasteiger partial charge >= 0.3 is 6.03 Å². The number of hydrazine groups is 1. The summed E-state index contributed by atoms with van der Waals surface area (Å²) in [6.07, 6.45) is 0. The SMILES string of the molecule is CC(C)(C)C(=O)NNC(=O)Nc1ccc([N+](=O)[O-])cc1. The van der Waals surface area contributed by atoms with Crippen LogP contribution in [0.3, 0.4) is 0 Å². The van der Waals surface area contributed by atoms with Gasteiger partial charge in [-0.1, -0.05) is 20.8 Å². The summed E-state index contributed by atoms with van der Waals surface area (Å²) in [6.45, 7) is 5.12. The van der Waals surface area contributed by atoms with Crippen LogP contribution in [0, 0.1) is 15.5 Å². The minimum atomic E-state index is -0.642. The van der Waals surface area contributed by atoms with E-state index in [0.717, 1.165) is 0 Å². The maximum absolute atomic E-state index is 11.5. The van der Waals surface area contributed by atoms with Crippen molar-refractivity contribution < 1.29 is 14.5 Å². The summed E-state index contributed by atoms with van der Waals surface area (Å²) in [5.74, 6) is -0.337. The van der Waals surface area contributed by atoms with Crippen molar-refractivity contribution >= 4 is 23.3 Å². The molecule has 1 rings (SSSR count). The number of hydrogen-bond donors (Lipinski definition) is 3. The highest BCUT2D eigenvalue weighted by Crippen LogP contribution is 2.15. The fraction of sp³-hybridized carbons (Fsp3) is 0.333. The topological polar surface area (TPSA) is 113 Å². The fourth-order valence-corrected chi connectivity index (χ4v) is 1.13. The van der Waals surface area contributed by atoms with E-state index < -0.39 is 16.4 Å². The van der Waals surface area contributed by atoms with Gasteiger partial charge in [-0.15, -0.1) is 0 Å². The van der Waals surface area contributed by atoms with E-state index >= 15 is 0 Å². The Kier molecular flexibility index (Phi) is 4.63. The standard InChI is InChI=1S/C12H16N4O4/c1-12(2,3)10(17)14-15-11(18)13-8-4-6-9(7-5-8)16(19)20/h4-7H,1-3H3,(H,14,17)(H2,13,15,18). The van der Waals surface area contributed by atoms with Crippen molar-refractivity contribution in [2.45, 2.75) is 20.8 Å². The second kappa shape index (κ2) is 6.00. The predicted molar refractivity (Wildman–Crippen MR) is 72.8 cm³/mol. The van der Waals surface area contributed by atoms with Crippen molar-refractivity contribution in [3.63, 3.8) is 0 Å². The zero-order valence-corrected chi connectivity index (χ0v) is 11.4. The first-order chi connectivity index (χ1) is 9.20. The summed E-state index contributed by atoms with van der Waals surface area (Å²) in [6, 6.07) is 4.68. The molecular formula is C12H16N4O4. The average Bonchev–Trinajstić information content (AvgIpc) is 2.35. The molecule has 0 saturated heterocycles. The Morgan fingerprint density at radius 3 is 2.10 bits per heavy atom. The van der Waals surface area contributed by atoms with Gasteiger partial charge < -0.3 is 5.32 Å². The molecule has 0 spiro atoms. The molecule has 0 saturated carbocycles. The number of carbonyl (C=O) groups excluding carboxylic acids is 2. The van der Waals surface area contributed by atoms with Gasteiger partial charge in [-0.3, -0.25) is 20.3 Å². The number of amides is 3. The third kappa shape index (κ3) is 4.56. The van der Waals surface area contributed by atoms with Crippen molar-refractivity contribution in [3.05, 3.63) is 34.4 Å². The number of rotatable bonds is 2. The van der Waals surface area contributed by atoms with Crippen LogP contribution >= 0.6 is 0 Å². The second-order valence-electron chi connectivity index (χ2n) is 5.09. The lowest BCUT2D eigenvalue weighted by molar-refractivity contribution is -0.384. The van der Waals surface area contributed by atoms with Gasteiger partial charge in [0.05, 0.1) is 4.92 Å². The van der Waals surface area contributed by atoms with Crippen LogP contribution in [0.4, 0.5) is 16.2 Å². The lowest BCUT2D eigenvalue weighted by Gasteiger charge is -2.18. The molecule has 1 aromatic rings. The molecule has 3 amide bonds. The number of nitro benzene ring substituents is 1. The Balaban J connectivity index is 2.51. The quantitative estimate of drug-likeness (QED) is 0.566. The van der Waals surface area contributed by atoms with Crippen LogP contribution in [0.25, 0.3) is 0 Å². The highest BCUT2D eigenvalue weighted by Gasteiger charge is 2.21. The number of nitrogens with one attached hydrogen (secondary N) is 3. The number of urea groups is 1. The minimum absolute atomic E-state index is 0.0722. The van der Waals surface area contributed by atoms with Gasteiger partial charge in [-0.05, 0) is 12.1 Å². The second-order valence-corrected chi connectivity index (χ2v) is 5.09. The maximum atomic E-state index is 11.5. The first-order valence-electron chi connectivity index (χ1n) is 5.82. The van der Waals surface area contributed by atoms with E-state index in [0.29, 0.717) is 5.69 Å². The van der Waals surface area contributed by atoms with Gasteiger partial charge in [0.15, 0.2) is 0 Å². The highest BCUT2D eigenvalue weighted by molar-refractivity contribution is 5.91. The third-order valence-corrected chi connectivity index (χ3v) is 2.31. The highest BCUT2D eigenvalue weighted by atomic mass is 16.6. The molecule has 0 aromatic heterocycles. The van der Waals surface area contributed by atoms with Gasteiger partial charge in [0.2, 0.25) is 5.91 Å². The van der Waals surface area contributed by atoms with E-state index in [9.17, 15) is 19.7 Å². The van der Waals surface area contributed by atoms with Crippen molar-refractivity contribution in [2.24, 2.45) is 5.41 Å². The maximum Gasteiger partial charge on any atom is 0.337 e. The van der Waals surface area contributed by atoms with E-state index in [2.05, 4.69) is 16.2 Å². The van der Waals surface area contributed by atoms with Crippen LogP contribution in [0.5, 0.6) is 0 Å². The van der Waals surface area contributed by atoms with Crippen molar-refractivity contribution in [3.8, 4) is 0 Å². The van der Waals surface area contributed by atoms with Gasteiger partial charge in [0.25, 0.3) is 5.69 Å². The van der Waals surface area contributed by atoms with Gasteiger partial charge in [0.1, 0.15) is 0 Å². The Bertz CT molecular complexity index is 519. The van der Waals surface area contributed by atoms with Gasteiger partial charge in [0, 0.05) is 23.2 Å². The largest absolute Gasteiger partial charge is 0.337 e. The third-order valence-electron chi connectivity index (χ3n) is 2.31. The van der Waals surface area contributed by atoms with Crippen LogP contribution < -0.4 is 16.2 Å². The molecule has 0 radical (unpaired) electrons. The molecule has 0 bridgehead atoms. The minimum Gasteiger partial charge on any atom is -0.307 e. The molecule has 0 atom stereocenters. The van der Waals surface area contributed by atoms with E-state index in [1.807, 2.05) is 0 Å². The van der Waals surface area contributed by atoms with E-state index in [1.165, 1.54) is 24.3 Å². The van der Waals surface area contributed by atoms with Crippen LogP contribution in [-0.2, 0) is 4.79 Å². The van der Waals surface area contributed by atoms with Crippen LogP contribution in [0.2, 0.25) is 0 Å². The number of nitro groups is 1. The van der Waals surface area contributed by atoms with Gasteiger partial charge in [-0.2, -0.15) is 0 Å². The molecule has 0 unspecified atom stereocenters. The summed E-state index contributed by atoms with van der Waals surface area (Å²) in [7, 11) is 0. The molecular weight excluding hydrogens is 264 g/mol. The predicted octanol–water partition coefficient (Wildman–Crippen LogP) is 1.79. The average molecular weight is 280 g/mol. The van der Waals surface area contributed by atoms with E-state index in [-0.39, 0.29) is 11.6 Å². The van der Waals surface area contributed by atoms with Crippen LogP contribution in [0.1, 0.15) is 20.8 Å². The molecule has 0 heterocycles. The van der Waals surface area contributed by atoms with Crippen molar-refractivity contribution in [1.82, 2.24) is 10.9 Å². The number of carbonyl (C=O) groups is 2. The zero-order valence-electron chi connectivity index (χ0n) is 11.4. The number of nitrogens with zero attached hydrogens (tertiary/aromatic N) is 1. The first kappa shape index (κ1) is 15.4.